The second-order valence-electron chi connectivity index (χ2n) is 7.80. The van der Waals surface area contributed by atoms with Gasteiger partial charge in [-0.1, -0.05) is 0 Å². The third-order valence-corrected chi connectivity index (χ3v) is 5.71. The number of aromatic nitrogens is 1. The van der Waals surface area contributed by atoms with E-state index in [1.165, 1.54) is 12.1 Å². The minimum atomic E-state index is -3.40. The molecule has 0 spiro atoms. The van der Waals surface area contributed by atoms with Gasteiger partial charge in [-0.3, -0.25) is 4.79 Å². The number of ether oxygens (including phenoxy) is 1. The van der Waals surface area contributed by atoms with Crippen LogP contribution in [0.1, 0.15) is 34.5 Å². The average Bonchev–Trinajstić information content (AvgIpc) is 3.08. The minimum Gasteiger partial charge on any atom is -0.461 e. The number of hydrogen-bond donors (Lipinski definition) is 2. The predicted octanol–water partition coefficient (Wildman–Crippen LogP) is 3.56. The summed E-state index contributed by atoms with van der Waals surface area (Å²) >= 11 is 0. The largest absolute Gasteiger partial charge is 0.461 e. The first-order valence-corrected chi connectivity index (χ1v) is 9.71. The summed E-state index contributed by atoms with van der Waals surface area (Å²) in [6, 6.07) is 6.58. The van der Waals surface area contributed by atoms with Crippen LogP contribution in [0.5, 0.6) is 0 Å². The third kappa shape index (κ3) is 3.94. The van der Waals surface area contributed by atoms with E-state index >= 15 is 0 Å². The monoisotopic (exact) mass is 465 g/mol. The van der Waals surface area contributed by atoms with E-state index in [-0.39, 0.29) is 16.9 Å². The van der Waals surface area contributed by atoms with Gasteiger partial charge in [0.1, 0.15) is 23.7 Å². The van der Waals surface area contributed by atoms with Gasteiger partial charge in [0, 0.05) is 36.2 Å². The Morgan fingerprint density at radius 3 is 2.67 bits per heavy atom. The highest BCUT2D eigenvalue weighted by Crippen LogP contribution is 2.55. The maximum absolute atomic E-state index is 14.9. The van der Waals surface area contributed by atoms with Crippen LogP contribution in [0, 0.1) is 23.1 Å². The van der Waals surface area contributed by atoms with Gasteiger partial charge in [-0.05, 0) is 30.3 Å². The van der Waals surface area contributed by atoms with Gasteiger partial charge in [0.2, 0.25) is 0 Å². The molecule has 1 aliphatic heterocycles. The van der Waals surface area contributed by atoms with Crippen molar-refractivity contribution in [3.63, 3.8) is 0 Å². The molecule has 1 aromatic heterocycles. The fourth-order valence-electron chi connectivity index (χ4n) is 4.27. The molecule has 2 heterocycles. The van der Waals surface area contributed by atoms with Crippen molar-refractivity contribution in [1.82, 2.24) is 4.98 Å². The number of nitrogens with zero attached hydrogens (tertiary/aromatic N) is 3. The number of benzene rings is 1. The Morgan fingerprint density at radius 2 is 2.03 bits per heavy atom. The van der Waals surface area contributed by atoms with Crippen LogP contribution in [0.3, 0.4) is 0 Å². The molecule has 1 amide bonds. The summed E-state index contributed by atoms with van der Waals surface area (Å²) in [5.41, 5.74) is 2.13. The molecule has 0 bridgehead atoms. The van der Waals surface area contributed by atoms with Gasteiger partial charge in [0.05, 0.1) is 5.56 Å². The molecule has 7 nitrogen and oxygen atoms in total. The van der Waals surface area contributed by atoms with E-state index in [1.54, 1.807) is 0 Å². The summed E-state index contributed by atoms with van der Waals surface area (Å²) in [6.07, 6.45) is -5.47. The molecular formula is C21H16F5N5O2. The number of carbonyl (C=O) groups excluding carboxylic acids is 1. The fourth-order valence-corrected chi connectivity index (χ4v) is 4.27. The van der Waals surface area contributed by atoms with Crippen molar-refractivity contribution in [3.05, 3.63) is 59.2 Å². The lowest BCUT2D eigenvalue weighted by Crippen LogP contribution is -2.51. The van der Waals surface area contributed by atoms with Gasteiger partial charge >= 0.3 is 0 Å². The maximum Gasteiger partial charge on any atom is 0.283 e. The van der Waals surface area contributed by atoms with Crippen molar-refractivity contribution >= 4 is 17.6 Å². The molecule has 1 aliphatic carbocycles. The number of fused-ring (bicyclic) bond motifs is 1. The molecule has 1 fully saturated rings. The van der Waals surface area contributed by atoms with Crippen LogP contribution in [0.2, 0.25) is 0 Å². The summed E-state index contributed by atoms with van der Waals surface area (Å²) < 4.78 is 77.1. The Kier molecular flexibility index (Phi) is 5.43. The number of nitriles is 1. The van der Waals surface area contributed by atoms with Crippen molar-refractivity contribution in [1.29, 1.82) is 5.26 Å². The second-order valence-corrected chi connectivity index (χ2v) is 7.80. The number of carbonyl (C=O) groups is 1. The molecule has 172 valence electrons. The van der Waals surface area contributed by atoms with Gasteiger partial charge in [0.15, 0.2) is 5.54 Å². The number of rotatable bonds is 4. The fraction of sp³-hybridized carbons (Fsp3) is 0.333. The molecule has 12 heteroatoms. The number of nitrogens with two attached hydrogens (primary N) is 1. The zero-order valence-corrected chi connectivity index (χ0v) is 16.7. The van der Waals surface area contributed by atoms with E-state index in [0.717, 1.165) is 24.4 Å². The van der Waals surface area contributed by atoms with Gasteiger partial charge < -0.3 is 15.8 Å². The summed E-state index contributed by atoms with van der Waals surface area (Å²) in [6.45, 7) is 0. The second kappa shape index (κ2) is 7.99. The van der Waals surface area contributed by atoms with E-state index in [9.17, 15) is 26.7 Å². The van der Waals surface area contributed by atoms with Crippen molar-refractivity contribution < 1.29 is 31.5 Å². The first-order chi connectivity index (χ1) is 15.6. The molecule has 33 heavy (non-hydrogen) atoms. The number of amides is 1. The normalized spacial score (nSPS) is 25.5. The van der Waals surface area contributed by atoms with E-state index in [2.05, 4.69) is 15.3 Å². The first-order valence-electron chi connectivity index (χ1n) is 9.71. The molecule has 1 saturated carbocycles. The van der Waals surface area contributed by atoms with Crippen molar-refractivity contribution in [2.45, 2.75) is 36.8 Å². The molecule has 0 unspecified atom stereocenters. The third-order valence-electron chi connectivity index (χ3n) is 5.71. The van der Waals surface area contributed by atoms with E-state index in [4.69, 9.17) is 15.7 Å². The van der Waals surface area contributed by atoms with Crippen LogP contribution >= 0.6 is 0 Å². The SMILES string of the molecule is N#Cc1ccc(C(=O)Nc2ccc(F)c([C@@]3(C(F)F)N=C(N)O[C@@H]4CC(F)(F)C[C@@H]43)c2)nc1. The van der Waals surface area contributed by atoms with Crippen LogP contribution < -0.4 is 11.1 Å². The maximum atomic E-state index is 14.9. The molecule has 2 aromatic rings. The van der Waals surface area contributed by atoms with Crippen molar-refractivity contribution in [2.75, 3.05) is 5.32 Å². The smallest absolute Gasteiger partial charge is 0.283 e. The highest BCUT2D eigenvalue weighted by atomic mass is 19.3. The summed E-state index contributed by atoms with van der Waals surface area (Å²) in [7, 11) is 0. The number of anilines is 1. The highest BCUT2D eigenvalue weighted by molar-refractivity contribution is 6.02. The number of amidine groups is 1. The lowest BCUT2D eigenvalue weighted by atomic mass is 9.75. The molecule has 3 N–H and O–H groups in total. The van der Waals surface area contributed by atoms with Crippen LogP contribution in [-0.4, -0.2) is 35.4 Å². The number of aliphatic imine (C=N–C) groups is 1. The lowest BCUT2D eigenvalue weighted by Gasteiger charge is -2.41. The topological polar surface area (TPSA) is 113 Å². The Hall–Kier alpha value is -3.75. The van der Waals surface area contributed by atoms with Gasteiger partial charge in [-0.15, -0.1) is 0 Å². The summed E-state index contributed by atoms with van der Waals surface area (Å²) in [4.78, 5) is 19.9. The van der Waals surface area contributed by atoms with Crippen LogP contribution in [0.25, 0.3) is 0 Å². The number of pyridine rings is 1. The molecule has 0 radical (unpaired) electrons. The quantitative estimate of drug-likeness (QED) is 0.671. The van der Waals surface area contributed by atoms with Gasteiger partial charge in [0.25, 0.3) is 24.3 Å². The van der Waals surface area contributed by atoms with Crippen molar-refractivity contribution in [2.24, 2.45) is 16.6 Å². The van der Waals surface area contributed by atoms with Crippen molar-refractivity contribution in [3.8, 4) is 6.07 Å². The molecule has 3 atom stereocenters. The lowest BCUT2D eigenvalue weighted by molar-refractivity contribution is -0.0392. The van der Waals surface area contributed by atoms with Gasteiger partial charge in [-0.25, -0.2) is 31.9 Å². The number of nitrogens with one attached hydrogen (secondary N) is 1. The number of hydrogen-bond acceptors (Lipinski definition) is 6. The number of halogens is 5. The van der Waals surface area contributed by atoms with Crippen LogP contribution in [-0.2, 0) is 10.3 Å². The van der Waals surface area contributed by atoms with Crippen LogP contribution in [0.15, 0.2) is 41.5 Å². The first kappa shape index (κ1) is 22.4. The van der Waals surface area contributed by atoms with E-state index < -0.39 is 66.1 Å². The standard InChI is InChI=1S/C21H16F5N5O2/c22-14-3-2-11(30-17(32)15-4-1-10(8-27)9-29-15)5-12(14)21(18(23)24)13-6-20(25,26)7-16(13)33-19(28)31-21/h1-5,9,13,16,18H,6-7H2,(H2,28,31)(H,30,32)/t13-,16+,21+/m0/s1. The Balaban J connectivity index is 1.74. The number of alkyl halides is 4. The van der Waals surface area contributed by atoms with Gasteiger partial charge in [-0.2, -0.15) is 5.26 Å². The molecular weight excluding hydrogens is 449 g/mol. The van der Waals surface area contributed by atoms with Crippen LogP contribution in [0.4, 0.5) is 27.6 Å². The predicted molar refractivity (Wildman–Crippen MR) is 105 cm³/mol. The Bertz CT molecular complexity index is 1160. The molecule has 4 rings (SSSR count). The molecule has 1 aromatic carbocycles. The Morgan fingerprint density at radius 1 is 1.27 bits per heavy atom. The summed E-state index contributed by atoms with van der Waals surface area (Å²) in [5.74, 6) is -6.76. The average molecular weight is 465 g/mol. The van der Waals surface area contributed by atoms with E-state index in [0.29, 0.717) is 0 Å². The highest BCUT2D eigenvalue weighted by Gasteiger charge is 2.63. The minimum absolute atomic E-state index is 0.0905. The summed E-state index contributed by atoms with van der Waals surface area (Å²) in [5, 5.41) is 11.2. The molecule has 2 aliphatic rings. The zero-order chi connectivity index (χ0) is 24.0. The Labute approximate surface area is 184 Å². The zero-order valence-electron chi connectivity index (χ0n) is 16.7. The van der Waals surface area contributed by atoms with E-state index in [1.807, 2.05) is 6.07 Å². The molecule has 0 saturated heterocycles.